The van der Waals surface area contributed by atoms with Gasteiger partial charge in [-0.2, -0.15) is 4.31 Å². The second-order valence-electron chi connectivity index (χ2n) is 6.57. The molecular weight excluding hydrogens is 408 g/mol. The van der Waals surface area contributed by atoms with Gasteiger partial charge in [-0.3, -0.25) is 4.79 Å². The van der Waals surface area contributed by atoms with Gasteiger partial charge in [0.05, 0.1) is 0 Å². The summed E-state index contributed by atoms with van der Waals surface area (Å²) in [5.74, 6) is 1.15. The molecule has 1 saturated heterocycles. The number of hydrogen-bond acceptors (Lipinski definition) is 5. The molecule has 29 heavy (non-hydrogen) atoms. The summed E-state index contributed by atoms with van der Waals surface area (Å²) in [5, 5.41) is 1.75. The first kappa shape index (κ1) is 19.6. The number of nitrogens with zero attached hydrogens (tertiary/aromatic N) is 2. The van der Waals surface area contributed by atoms with Crippen molar-refractivity contribution in [1.29, 1.82) is 0 Å². The normalized spacial score (nSPS) is 15.2. The van der Waals surface area contributed by atoms with Crippen LogP contribution in [0.25, 0.3) is 0 Å². The minimum Gasteiger partial charge on any atom is -0.457 e. The lowest BCUT2D eigenvalue weighted by molar-refractivity contribution is 0.0697. The van der Waals surface area contributed by atoms with E-state index in [9.17, 15) is 13.2 Å². The predicted octanol–water partition coefficient (Wildman–Crippen LogP) is 3.69. The van der Waals surface area contributed by atoms with Crippen molar-refractivity contribution in [2.75, 3.05) is 26.2 Å². The third kappa shape index (κ3) is 4.34. The fraction of sp³-hybridized carbons (Fsp3) is 0.190. The summed E-state index contributed by atoms with van der Waals surface area (Å²) in [6, 6.07) is 19.7. The number of ether oxygens (including phenoxy) is 1. The van der Waals surface area contributed by atoms with Gasteiger partial charge in [0.25, 0.3) is 15.9 Å². The van der Waals surface area contributed by atoms with Gasteiger partial charge in [0, 0.05) is 31.7 Å². The largest absolute Gasteiger partial charge is 0.457 e. The maximum atomic E-state index is 12.9. The number of piperazine rings is 1. The van der Waals surface area contributed by atoms with Crippen molar-refractivity contribution in [2.45, 2.75) is 4.21 Å². The summed E-state index contributed by atoms with van der Waals surface area (Å²) >= 11 is 1.21. The molecule has 2 aromatic carbocycles. The Morgan fingerprint density at radius 1 is 0.862 bits per heavy atom. The van der Waals surface area contributed by atoms with E-state index in [0.717, 1.165) is 0 Å². The van der Waals surface area contributed by atoms with E-state index in [0.29, 0.717) is 34.4 Å². The van der Waals surface area contributed by atoms with Gasteiger partial charge in [0.1, 0.15) is 15.7 Å². The highest BCUT2D eigenvalue weighted by atomic mass is 32.2. The molecule has 2 heterocycles. The first-order valence-electron chi connectivity index (χ1n) is 9.20. The third-order valence-electron chi connectivity index (χ3n) is 4.67. The molecule has 1 aromatic heterocycles. The summed E-state index contributed by atoms with van der Waals surface area (Å²) < 4.78 is 32.8. The van der Waals surface area contributed by atoms with Crippen molar-refractivity contribution >= 4 is 27.3 Å². The highest BCUT2D eigenvalue weighted by Gasteiger charge is 2.31. The highest BCUT2D eigenvalue weighted by Crippen LogP contribution is 2.24. The fourth-order valence-electron chi connectivity index (χ4n) is 3.17. The molecule has 1 amide bonds. The highest BCUT2D eigenvalue weighted by molar-refractivity contribution is 7.91. The minimum absolute atomic E-state index is 0.128. The van der Waals surface area contributed by atoms with Gasteiger partial charge in [-0.25, -0.2) is 8.42 Å². The molecule has 1 aliphatic rings. The Morgan fingerprint density at radius 2 is 1.59 bits per heavy atom. The summed E-state index contributed by atoms with van der Waals surface area (Å²) in [5.41, 5.74) is 0.521. The van der Waals surface area contributed by atoms with Crippen molar-refractivity contribution in [3.63, 3.8) is 0 Å². The zero-order valence-corrected chi connectivity index (χ0v) is 17.2. The predicted molar refractivity (Wildman–Crippen MR) is 112 cm³/mol. The lowest BCUT2D eigenvalue weighted by Gasteiger charge is -2.33. The number of benzene rings is 2. The van der Waals surface area contributed by atoms with Crippen LogP contribution in [-0.2, 0) is 10.0 Å². The average Bonchev–Trinajstić information content (AvgIpc) is 3.30. The van der Waals surface area contributed by atoms with E-state index in [-0.39, 0.29) is 19.0 Å². The minimum atomic E-state index is -3.48. The Kier molecular flexibility index (Phi) is 5.66. The van der Waals surface area contributed by atoms with E-state index in [4.69, 9.17) is 4.74 Å². The molecule has 150 valence electrons. The van der Waals surface area contributed by atoms with Gasteiger partial charge >= 0.3 is 0 Å². The maximum Gasteiger partial charge on any atom is 0.254 e. The van der Waals surface area contributed by atoms with Crippen LogP contribution < -0.4 is 4.74 Å². The Morgan fingerprint density at radius 3 is 2.28 bits per heavy atom. The third-order valence-corrected chi connectivity index (χ3v) is 7.95. The molecule has 1 aliphatic heterocycles. The standard InChI is InChI=1S/C21H20N2O4S2/c24-21(17-6-4-9-19(16-17)27-18-7-2-1-3-8-18)22-11-13-23(14-12-22)29(25,26)20-10-5-15-28-20/h1-10,15-16H,11-14H2. The number of sulfonamides is 1. The molecule has 8 heteroatoms. The maximum absolute atomic E-state index is 12.9. The summed E-state index contributed by atoms with van der Waals surface area (Å²) in [6.45, 7) is 1.28. The molecular formula is C21H20N2O4S2. The van der Waals surface area contributed by atoms with Gasteiger partial charge in [0.2, 0.25) is 0 Å². The fourth-order valence-corrected chi connectivity index (χ4v) is 5.74. The molecule has 3 aromatic rings. The van der Waals surface area contributed by atoms with Crippen LogP contribution in [0.1, 0.15) is 10.4 Å². The topological polar surface area (TPSA) is 66.9 Å². The molecule has 6 nitrogen and oxygen atoms in total. The molecule has 0 radical (unpaired) electrons. The molecule has 0 N–H and O–H groups in total. The first-order chi connectivity index (χ1) is 14.0. The van der Waals surface area contributed by atoms with Crippen molar-refractivity contribution in [3.05, 3.63) is 77.7 Å². The SMILES string of the molecule is O=C(c1cccc(Oc2ccccc2)c1)N1CCN(S(=O)(=O)c2cccs2)CC1. The molecule has 0 bridgehead atoms. The number of carbonyl (C=O) groups is 1. The first-order valence-corrected chi connectivity index (χ1v) is 11.5. The van der Waals surface area contributed by atoms with E-state index in [1.807, 2.05) is 30.3 Å². The molecule has 1 fully saturated rings. The molecule has 0 atom stereocenters. The van der Waals surface area contributed by atoms with Crippen LogP contribution in [0.4, 0.5) is 0 Å². The number of amides is 1. The van der Waals surface area contributed by atoms with Crippen molar-refractivity contribution < 1.29 is 17.9 Å². The van der Waals surface area contributed by atoms with Crippen molar-refractivity contribution in [2.24, 2.45) is 0 Å². The van der Waals surface area contributed by atoms with Gasteiger partial charge in [0.15, 0.2) is 0 Å². The number of rotatable bonds is 5. The van der Waals surface area contributed by atoms with Crippen LogP contribution >= 0.6 is 11.3 Å². The molecule has 0 aliphatic carbocycles. The quantitative estimate of drug-likeness (QED) is 0.622. The van der Waals surface area contributed by atoms with E-state index in [1.54, 1.807) is 46.7 Å². The van der Waals surface area contributed by atoms with Crippen LogP contribution in [0, 0.1) is 0 Å². The zero-order chi connectivity index (χ0) is 20.3. The smallest absolute Gasteiger partial charge is 0.254 e. The average molecular weight is 429 g/mol. The van der Waals surface area contributed by atoms with E-state index >= 15 is 0 Å². The van der Waals surface area contributed by atoms with Crippen LogP contribution in [-0.4, -0.2) is 49.7 Å². The number of para-hydroxylation sites is 1. The Hall–Kier alpha value is -2.68. The van der Waals surface area contributed by atoms with Crippen LogP contribution in [0.15, 0.2) is 76.3 Å². The van der Waals surface area contributed by atoms with Crippen molar-refractivity contribution in [3.8, 4) is 11.5 Å². The summed E-state index contributed by atoms with van der Waals surface area (Å²) in [6.07, 6.45) is 0. The lowest BCUT2D eigenvalue weighted by atomic mass is 10.1. The monoisotopic (exact) mass is 428 g/mol. The van der Waals surface area contributed by atoms with E-state index < -0.39 is 10.0 Å². The molecule has 4 rings (SSSR count). The summed E-state index contributed by atoms with van der Waals surface area (Å²) in [7, 11) is -3.48. The zero-order valence-electron chi connectivity index (χ0n) is 15.6. The Labute approximate surface area is 174 Å². The van der Waals surface area contributed by atoms with Gasteiger partial charge in [-0.05, 0) is 41.8 Å². The lowest BCUT2D eigenvalue weighted by Crippen LogP contribution is -2.50. The van der Waals surface area contributed by atoms with Crippen LogP contribution in [0.2, 0.25) is 0 Å². The number of carbonyl (C=O) groups excluding carboxylic acids is 1. The van der Waals surface area contributed by atoms with Crippen LogP contribution in [0.5, 0.6) is 11.5 Å². The summed E-state index contributed by atoms with van der Waals surface area (Å²) in [4.78, 5) is 14.6. The second kappa shape index (κ2) is 8.36. The molecule has 0 saturated carbocycles. The van der Waals surface area contributed by atoms with E-state index in [1.165, 1.54) is 15.6 Å². The Bertz CT molecular complexity index is 1070. The molecule has 0 unspecified atom stereocenters. The van der Waals surface area contributed by atoms with Crippen molar-refractivity contribution in [1.82, 2.24) is 9.21 Å². The number of hydrogen-bond donors (Lipinski definition) is 0. The number of thiophene rings is 1. The Balaban J connectivity index is 1.42. The van der Waals surface area contributed by atoms with E-state index in [2.05, 4.69) is 0 Å². The van der Waals surface area contributed by atoms with Gasteiger partial charge in [-0.15, -0.1) is 11.3 Å². The van der Waals surface area contributed by atoms with Gasteiger partial charge < -0.3 is 9.64 Å². The van der Waals surface area contributed by atoms with Gasteiger partial charge in [-0.1, -0.05) is 30.3 Å². The molecule has 0 spiro atoms. The van der Waals surface area contributed by atoms with Crippen LogP contribution in [0.3, 0.4) is 0 Å². The second-order valence-corrected chi connectivity index (χ2v) is 9.68.